The van der Waals surface area contributed by atoms with Gasteiger partial charge in [0.15, 0.2) is 5.82 Å². The molecule has 0 bridgehead atoms. The fourth-order valence-corrected chi connectivity index (χ4v) is 2.92. The van der Waals surface area contributed by atoms with Crippen molar-refractivity contribution in [2.24, 2.45) is 0 Å². The SMILES string of the molecule is CC(C)c1noc(N2CCN(CC(=O)Nc3ccccc3C(F)(F)F)CC2)n1. The smallest absolute Gasteiger partial charge is 0.324 e. The minimum absolute atomic E-state index is 0.0150. The fourth-order valence-electron chi connectivity index (χ4n) is 2.92. The molecule has 1 aliphatic heterocycles. The highest BCUT2D eigenvalue weighted by Gasteiger charge is 2.33. The van der Waals surface area contributed by atoms with Crippen LogP contribution in [0.25, 0.3) is 0 Å². The average molecular weight is 397 g/mol. The van der Waals surface area contributed by atoms with Crippen LogP contribution in [-0.2, 0) is 11.0 Å². The number of rotatable bonds is 5. The molecule has 1 aliphatic rings. The van der Waals surface area contributed by atoms with Crippen molar-refractivity contribution in [1.82, 2.24) is 15.0 Å². The van der Waals surface area contributed by atoms with E-state index in [2.05, 4.69) is 15.5 Å². The molecule has 0 unspecified atom stereocenters. The number of aromatic nitrogens is 2. The van der Waals surface area contributed by atoms with Crippen molar-refractivity contribution in [3.8, 4) is 0 Å². The predicted molar refractivity (Wildman–Crippen MR) is 97.1 cm³/mol. The first-order chi connectivity index (χ1) is 13.2. The predicted octanol–water partition coefficient (Wildman–Crippen LogP) is 2.97. The topological polar surface area (TPSA) is 74.5 Å². The average Bonchev–Trinajstić information content (AvgIpc) is 3.12. The first-order valence-electron chi connectivity index (χ1n) is 9.01. The number of halogens is 3. The van der Waals surface area contributed by atoms with E-state index < -0.39 is 17.6 Å². The van der Waals surface area contributed by atoms with Gasteiger partial charge in [-0.15, -0.1) is 0 Å². The van der Waals surface area contributed by atoms with E-state index in [1.165, 1.54) is 18.2 Å². The summed E-state index contributed by atoms with van der Waals surface area (Å²) in [6, 6.07) is 5.40. The van der Waals surface area contributed by atoms with Gasteiger partial charge in [-0.1, -0.05) is 31.1 Å². The van der Waals surface area contributed by atoms with Gasteiger partial charge < -0.3 is 14.7 Å². The molecule has 2 heterocycles. The van der Waals surface area contributed by atoms with Crippen molar-refractivity contribution in [2.45, 2.75) is 25.9 Å². The second-order valence-corrected chi connectivity index (χ2v) is 6.94. The molecule has 0 aliphatic carbocycles. The quantitative estimate of drug-likeness (QED) is 0.836. The summed E-state index contributed by atoms with van der Waals surface area (Å²) in [5, 5.41) is 6.30. The van der Waals surface area contributed by atoms with Crippen molar-refractivity contribution in [3.05, 3.63) is 35.7 Å². The van der Waals surface area contributed by atoms with Crippen LogP contribution in [0.15, 0.2) is 28.8 Å². The van der Waals surface area contributed by atoms with Crippen LogP contribution < -0.4 is 10.2 Å². The summed E-state index contributed by atoms with van der Waals surface area (Å²) in [5.74, 6) is 0.326. The van der Waals surface area contributed by atoms with Crippen molar-refractivity contribution >= 4 is 17.6 Å². The van der Waals surface area contributed by atoms with Crippen LogP contribution >= 0.6 is 0 Å². The molecule has 2 aromatic rings. The first kappa shape index (κ1) is 20.1. The zero-order valence-corrected chi connectivity index (χ0v) is 15.7. The number of amides is 1. The minimum Gasteiger partial charge on any atom is -0.324 e. The Hall–Kier alpha value is -2.62. The molecule has 1 amide bonds. The molecule has 1 aromatic heterocycles. The third-order valence-electron chi connectivity index (χ3n) is 4.46. The van der Waals surface area contributed by atoms with Gasteiger partial charge in [0.25, 0.3) is 0 Å². The van der Waals surface area contributed by atoms with Crippen LogP contribution in [-0.4, -0.2) is 53.7 Å². The Bertz CT molecular complexity index is 814. The van der Waals surface area contributed by atoms with E-state index in [0.29, 0.717) is 38.0 Å². The number of anilines is 2. The number of para-hydroxylation sites is 1. The maximum atomic E-state index is 13.0. The molecule has 0 spiro atoms. The van der Waals surface area contributed by atoms with Crippen molar-refractivity contribution < 1.29 is 22.5 Å². The van der Waals surface area contributed by atoms with Gasteiger partial charge in [0, 0.05) is 32.1 Å². The zero-order valence-electron chi connectivity index (χ0n) is 15.7. The van der Waals surface area contributed by atoms with E-state index in [9.17, 15) is 18.0 Å². The first-order valence-corrected chi connectivity index (χ1v) is 9.01. The molecule has 152 valence electrons. The highest BCUT2D eigenvalue weighted by molar-refractivity contribution is 5.93. The molecule has 28 heavy (non-hydrogen) atoms. The Labute approximate surface area is 160 Å². The normalized spacial score (nSPS) is 15.9. The number of carbonyl (C=O) groups is 1. The van der Waals surface area contributed by atoms with Crippen LogP contribution in [0.5, 0.6) is 0 Å². The van der Waals surface area contributed by atoms with Gasteiger partial charge in [0.2, 0.25) is 5.91 Å². The highest BCUT2D eigenvalue weighted by Crippen LogP contribution is 2.34. The number of hydrogen-bond donors (Lipinski definition) is 1. The molecule has 0 radical (unpaired) electrons. The highest BCUT2D eigenvalue weighted by atomic mass is 19.4. The molecular formula is C18H22F3N5O2. The van der Waals surface area contributed by atoms with Crippen LogP contribution in [0, 0.1) is 0 Å². The molecule has 7 nitrogen and oxygen atoms in total. The monoisotopic (exact) mass is 397 g/mol. The van der Waals surface area contributed by atoms with E-state index in [1.807, 2.05) is 23.6 Å². The summed E-state index contributed by atoms with van der Waals surface area (Å²) in [4.78, 5) is 20.4. The molecule has 0 saturated carbocycles. The summed E-state index contributed by atoms with van der Waals surface area (Å²) in [5.41, 5.74) is -1.09. The second kappa shape index (κ2) is 8.17. The van der Waals surface area contributed by atoms with E-state index >= 15 is 0 Å². The van der Waals surface area contributed by atoms with E-state index in [4.69, 9.17) is 4.52 Å². The second-order valence-electron chi connectivity index (χ2n) is 6.94. The third kappa shape index (κ3) is 4.80. The Morgan fingerprint density at radius 2 is 1.89 bits per heavy atom. The fraction of sp³-hybridized carbons (Fsp3) is 0.500. The van der Waals surface area contributed by atoms with Gasteiger partial charge in [0.05, 0.1) is 17.8 Å². The number of piperazine rings is 1. The third-order valence-corrected chi connectivity index (χ3v) is 4.46. The number of benzene rings is 1. The number of carbonyl (C=O) groups excluding carboxylic acids is 1. The Balaban J connectivity index is 1.53. The number of hydrogen-bond acceptors (Lipinski definition) is 6. The summed E-state index contributed by atoms with van der Waals surface area (Å²) >= 11 is 0. The maximum absolute atomic E-state index is 13.0. The lowest BCUT2D eigenvalue weighted by atomic mass is 10.1. The van der Waals surface area contributed by atoms with E-state index in [1.54, 1.807) is 0 Å². The molecule has 1 fully saturated rings. The van der Waals surface area contributed by atoms with E-state index in [-0.39, 0.29) is 18.2 Å². The Kier molecular flexibility index (Phi) is 5.87. The lowest BCUT2D eigenvalue weighted by Crippen LogP contribution is -2.48. The molecule has 3 rings (SSSR count). The molecule has 0 atom stereocenters. The van der Waals surface area contributed by atoms with Crippen LogP contribution in [0.2, 0.25) is 0 Å². The lowest BCUT2D eigenvalue weighted by molar-refractivity contribution is -0.137. The number of nitrogens with one attached hydrogen (secondary N) is 1. The number of nitrogens with zero attached hydrogens (tertiary/aromatic N) is 4. The minimum atomic E-state index is -4.52. The summed E-state index contributed by atoms with van der Waals surface area (Å²) in [6.45, 7) is 6.27. The van der Waals surface area contributed by atoms with E-state index in [0.717, 1.165) is 6.07 Å². The Morgan fingerprint density at radius 1 is 1.21 bits per heavy atom. The standard InChI is InChI=1S/C18H22F3N5O2/c1-12(2)16-23-17(28-24-16)26-9-7-25(8-10-26)11-15(27)22-14-6-4-3-5-13(14)18(19,20)21/h3-6,12H,7-11H2,1-2H3,(H,22,27). The van der Waals surface area contributed by atoms with Crippen LogP contribution in [0.1, 0.15) is 31.2 Å². The molecule has 1 aromatic carbocycles. The largest absolute Gasteiger partial charge is 0.418 e. The van der Waals surface area contributed by atoms with Gasteiger partial charge in [-0.2, -0.15) is 18.2 Å². The van der Waals surface area contributed by atoms with Crippen molar-refractivity contribution in [3.63, 3.8) is 0 Å². The molecule has 10 heteroatoms. The van der Waals surface area contributed by atoms with Gasteiger partial charge in [0.1, 0.15) is 0 Å². The summed E-state index contributed by atoms with van der Waals surface area (Å²) in [7, 11) is 0. The van der Waals surface area contributed by atoms with Crippen molar-refractivity contribution in [2.75, 3.05) is 42.9 Å². The lowest BCUT2D eigenvalue weighted by Gasteiger charge is -2.33. The molecular weight excluding hydrogens is 375 g/mol. The van der Waals surface area contributed by atoms with Gasteiger partial charge >= 0.3 is 12.2 Å². The van der Waals surface area contributed by atoms with Gasteiger partial charge in [-0.3, -0.25) is 9.69 Å². The van der Waals surface area contributed by atoms with Crippen LogP contribution in [0.4, 0.5) is 24.9 Å². The van der Waals surface area contributed by atoms with Gasteiger partial charge in [-0.05, 0) is 12.1 Å². The molecule has 1 N–H and O–H groups in total. The summed E-state index contributed by atoms with van der Waals surface area (Å²) in [6.07, 6.45) is -4.52. The molecule has 1 saturated heterocycles. The van der Waals surface area contributed by atoms with Crippen molar-refractivity contribution in [1.29, 1.82) is 0 Å². The number of alkyl halides is 3. The zero-order chi connectivity index (χ0) is 20.3. The van der Waals surface area contributed by atoms with Gasteiger partial charge in [-0.25, -0.2) is 0 Å². The van der Waals surface area contributed by atoms with Crippen LogP contribution in [0.3, 0.4) is 0 Å². The Morgan fingerprint density at radius 3 is 2.50 bits per heavy atom. The maximum Gasteiger partial charge on any atom is 0.418 e. The summed E-state index contributed by atoms with van der Waals surface area (Å²) < 4.78 is 44.3.